The van der Waals surface area contributed by atoms with Crippen molar-refractivity contribution in [3.8, 4) is 0 Å². The van der Waals surface area contributed by atoms with Gasteiger partial charge in [0.1, 0.15) is 0 Å². The summed E-state index contributed by atoms with van der Waals surface area (Å²) >= 11 is 0. The predicted molar refractivity (Wildman–Crippen MR) is 47.4 cm³/mol. The van der Waals surface area contributed by atoms with Crippen molar-refractivity contribution in [1.82, 2.24) is 5.32 Å². The normalized spacial score (nSPS) is 14.6. The van der Waals surface area contributed by atoms with Crippen molar-refractivity contribution < 1.29 is 13.5 Å². The molecule has 0 aliphatic heterocycles. The van der Waals surface area contributed by atoms with Gasteiger partial charge >= 0.3 is 0 Å². The zero-order chi connectivity index (χ0) is 9.61. The summed E-state index contributed by atoms with van der Waals surface area (Å²) in [6.45, 7) is 2.66. The minimum absolute atomic E-state index is 0.0509. The summed E-state index contributed by atoms with van der Waals surface area (Å²) in [4.78, 5) is 0. The van der Waals surface area contributed by atoms with Gasteiger partial charge in [0.05, 0.1) is 5.75 Å². The summed E-state index contributed by atoms with van der Waals surface area (Å²) in [5, 5.41) is 11.6. The average Bonchev–Trinajstić information content (AvgIpc) is 1.98. The first-order chi connectivity index (χ1) is 5.50. The van der Waals surface area contributed by atoms with Crippen LogP contribution in [-0.4, -0.2) is 44.3 Å². The maximum absolute atomic E-state index is 11.0. The van der Waals surface area contributed by atoms with E-state index in [-0.39, 0.29) is 5.75 Å². The van der Waals surface area contributed by atoms with Crippen molar-refractivity contribution in [1.29, 1.82) is 0 Å². The van der Waals surface area contributed by atoms with Crippen LogP contribution < -0.4 is 11.1 Å². The lowest BCUT2D eigenvalue weighted by Gasteiger charge is -2.06. The van der Waals surface area contributed by atoms with Crippen LogP contribution in [0.3, 0.4) is 0 Å². The summed E-state index contributed by atoms with van der Waals surface area (Å²) < 4.78 is 21.9. The minimum Gasteiger partial charge on any atom is -0.377 e. The Labute approximate surface area is 72.9 Å². The maximum atomic E-state index is 11.0. The summed E-state index contributed by atoms with van der Waals surface area (Å²) in [6, 6.07) is 0. The van der Waals surface area contributed by atoms with E-state index in [2.05, 4.69) is 5.32 Å². The number of hydrogen-bond donors (Lipinski definition) is 3. The van der Waals surface area contributed by atoms with E-state index in [0.29, 0.717) is 19.6 Å². The van der Waals surface area contributed by atoms with Crippen LogP contribution in [-0.2, 0) is 9.84 Å². The van der Waals surface area contributed by atoms with Gasteiger partial charge in [0.2, 0.25) is 0 Å². The number of hydrogen-bond acceptors (Lipinski definition) is 5. The standard InChI is InChI=1S/C6H16N2O3S/c1-6(9)12(10,11)5-4-8-3-2-7/h6,8-9H,2-5,7H2,1H3. The second-order valence-corrected chi connectivity index (χ2v) is 4.92. The Morgan fingerprint density at radius 2 is 2.08 bits per heavy atom. The Hall–Kier alpha value is -0.170. The van der Waals surface area contributed by atoms with Crippen molar-refractivity contribution in [2.24, 2.45) is 5.73 Å². The molecule has 0 aliphatic rings. The average molecular weight is 196 g/mol. The van der Waals surface area contributed by atoms with Gasteiger partial charge in [-0.1, -0.05) is 0 Å². The van der Waals surface area contributed by atoms with E-state index in [1.54, 1.807) is 0 Å². The van der Waals surface area contributed by atoms with Gasteiger partial charge in [0.15, 0.2) is 15.3 Å². The minimum atomic E-state index is -3.33. The maximum Gasteiger partial charge on any atom is 0.177 e. The number of aliphatic hydroxyl groups excluding tert-OH is 1. The molecule has 0 heterocycles. The zero-order valence-corrected chi connectivity index (χ0v) is 7.97. The van der Waals surface area contributed by atoms with Crippen molar-refractivity contribution in [2.45, 2.75) is 12.4 Å². The molecule has 74 valence electrons. The van der Waals surface area contributed by atoms with Gasteiger partial charge in [-0.2, -0.15) is 0 Å². The van der Waals surface area contributed by atoms with Crippen molar-refractivity contribution in [3.63, 3.8) is 0 Å². The number of rotatable bonds is 6. The molecule has 1 unspecified atom stereocenters. The second-order valence-electron chi connectivity index (χ2n) is 2.50. The molecule has 0 bridgehead atoms. The van der Waals surface area contributed by atoms with E-state index in [9.17, 15) is 8.42 Å². The van der Waals surface area contributed by atoms with Crippen LogP contribution in [0.5, 0.6) is 0 Å². The van der Waals surface area contributed by atoms with Gasteiger partial charge < -0.3 is 16.2 Å². The number of aliphatic hydroxyl groups is 1. The Bertz CT molecular complexity index is 201. The van der Waals surface area contributed by atoms with Gasteiger partial charge in [-0.05, 0) is 6.92 Å². The molecular weight excluding hydrogens is 180 g/mol. The van der Waals surface area contributed by atoms with E-state index in [0.717, 1.165) is 0 Å². The SMILES string of the molecule is CC(O)S(=O)(=O)CCNCCN. The van der Waals surface area contributed by atoms with Crippen LogP contribution >= 0.6 is 0 Å². The van der Waals surface area contributed by atoms with E-state index in [4.69, 9.17) is 10.8 Å². The van der Waals surface area contributed by atoms with E-state index in [1.807, 2.05) is 0 Å². The molecule has 0 saturated carbocycles. The first-order valence-electron chi connectivity index (χ1n) is 3.81. The fourth-order valence-corrected chi connectivity index (χ4v) is 1.38. The molecule has 0 aromatic heterocycles. The molecule has 0 fully saturated rings. The van der Waals surface area contributed by atoms with Crippen molar-refractivity contribution in [2.75, 3.05) is 25.4 Å². The van der Waals surface area contributed by atoms with E-state index < -0.39 is 15.3 Å². The fraction of sp³-hybridized carbons (Fsp3) is 1.00. The second kappa shape index (κ2) is 5.47. The van der Waals surface area contributed by atoms with Gasteiger partial charge in [-0.15, -0.1) is 0 Å². The third-order valence-corrected chi connectivity index (χ3v) is 3.22. The molecule has 0 spiro atoms. The highest BCUT2D eigenvalue weighted by atomic mass is 32.2. The number of sulfone groups is 1. The molecule has 0 amide bonds. The van der Waals surface area contributed by atoms with Crippen LogP contribution in [0, 0.1) is 0 Å². The van der Waals surface area contributed by atoms with Crippen molar-refractivity contribution in [3.05, 3.63) is 0 Å². The van der Waals surface area contributed by atoms with Crippen LogP contribution in [0.1, 0.15) is 6.92 Å². The molecule has 0 aromatic carbocycles. The monoisotopic (exact) mass is 196 g/mol. The Balaban J connectivity index is 3.63. The van der Waals surface area contributed by atoms with Crippen LogP contribution in [0.25, 0.3) is 0 Å². The molecule has 0 saturated heterocycles. The zero-order valence-electron chi connectivity index (χ0n) is 7.16. The number of nitrogens with one attached hydrogen (secondary N) is 1. The summed E-state index contributed by atoms with van der Waals surface area (Å²) in [6.07, 6.45) is 0. The quantitative estimate of drug-likeness (QED) is 0.440. The molecular formula is C6H16N2O3S. The van der Waals surface area contributed by atoms with Crippen LogP contribution in [0.2, 0.25) is 0 Å². The third-order valence-electron chi connectivity index (χ3n) is 1.40. The fourth-order valence-electron chi connectivity index (χ4n) is 0.612. The lowest BCUT2D eigenvalue weighted by molar-refractivity contribution is 0.268. The van der Waals surface area contributed by atoms with Gasteiger partial charge in [-0.25, -0.2) is 8.42 Å². The first kappa shape index (κ1) is 11.8. The lowest BCUT2D eigenvalue weighted by atomic mass is 10.6. The smallest absolute Gasteiger partial charge is 0.177 e. The first-order valence-corrected chi connectivity index (χ1v) is 5.52. The highest BCUT2D eigenvalue weighted by Gasteiger charge is 2.16. The molecule has 0 rings (SSSR count). The van der Waals surface area contributed by atoms with E-state index >= 15 is 0 Å². The number of nitrogens with two attached hydrogens (primary N) is 1. The van der Waals surface area contributed by atoms with Gasteiger partial charge in [-0.3, -0.25) is 0 Å². The molecule has 0 aromatic rings. The van der Waals surface area contributed by atoms with Gasteiger partial charge in [0.25, 0.3) is 0 Å². The van der Waals surface area contributed by atoms with E-state index in [1.165, 1.54) is 6.92 Å². The highest BCUT2D eigenvalue weighted by molar-refractivity contribution is 7.91. The Kier molecular flexibility index (Phi) is 5.39. The predicted octanol–water partition coefficient (Wildman–Crippen LogP) is -1.71. The molecule has 12 heavy (non-hydrogen) atoms. The molecule has 6 heteroatoms. The van der Waals surface area contributed by atoms with Gasteiger partial charge in [0, 0.05) is 19.6 Å². The lowest BCUT2D eigenvalue weighted by Crippen LogP contribution is -2.31. The summed E-state index contributed by atoms with van der Waals surface area (Å²) in [5.74, 6) is -0.0509. The highest BCUT2D eigenvalue weighted by Crippen LogP contribution is 1.95. The molecule has 5 nitrogen and oxygen atoms in total. The van der Waals surface area contributed by atoms with Crippen LogP contribution in [0.4, 0.5) is 0 Å². The third kappa shape index (κ3) is 4.66. The summed E-state index contributed by atoms with van der Waals surface area (Å²) in [5.41, 5.74) is 3.90. The topological polar surface area (TPSA) is 92.4 Å². The molecule has 4 N–H and O–H groups in total. The largest absolute Gasteiger partial charge is 0.377 e. The van der Waals surface area contributed by atoms with Crippen molar-refractivity contribution >= 4 is 9.84 Å². The molecule has 0 aliphatic carbocycles. The van der Waals surface area contributed by atoms with Crippen LogP contribution in [0.15, 0.2) is 0 Å². The Morgan fingerprint density at radius 1 is 1.50 bits per heavy atom. The summed E-state index contributed by atoms with van der Waals surface area (Å²) in [7, 11) is -3.33. The molecule has 1 atom stereocenters. The molecule has 0 radical (unpaired) electrons. The Morgan fingerprint density at radius 3 is 2.50 bits per heavy atom.